The van der Waals surface area contributed by atoms with Crippen LogP contribution in [0.1, 0.15) is 5.56 Å². The lowest BCUT2D eigenvalue weighted by atomic mass is 10.1. The molecule has 1 rings (SSSR count). The fraction of sp³-hybridized carbons (Fsp3) is 0.455. The van der Waals surface area contributed by atoms with Gasteiger partial charge in [-0.1, -0.05) is 6.07 Å². The van der Waals surface area contributed by atoms with Gasteiger partial charge in [-0.15, -0.1) is 0 Å². The van der Waals surface area contributed by atoms with Crippen LogP contribution in [-0.4, -0.2) is 33.6 Å². The van der Waals surface area contributed by atoms with E-state index in [0.29, 0.717) is 6.42 Å². The highest BCUT2D eigenvalue weighted by Gasteiger charge is 2.12. The summed E-state index contributed by atoms with van der Waals surface area (Å²) in [5.74, 6) is 0.738. The van der Waals surface area contributed by atoms with E-state index in [0.717, 1.165) is 15.8 Å². The van der Waals surface area contributed by atoms with Crippen LogP contribution in [0.3, 0.4) is 0 Å². The van der Waals surface area contributed by atoms with Crippen molar-refractivity contribution in [2.45, 2.75) is 12.5 Å². The summed E-state index contributed by atoms with van der Waals surface area (Å²) in [5.41, 5.74) is 6.77. The molecule has 6 heteroatoms. The third-order valence-corrected chi connectivity index (χ3v) is 3.88. The average molecular weight is 322 g/mol. The number of benzene rings is 1. The molecular weight excluding hydrogens is 306 g/mol. The lowest BCUT2D eigenvalue weighted by Gasteiger charge is -2.11. The zero-order valence-electron chi connectivity index (χ0n) is 9.81. The predicted octanol–water partition coefficient (Wildman–Crippen LogP) is 1.37. The smallest absolute Gasteiger partial charge is 0.148 e. The van der Waals surface area contributed by atoms with Crippen LogP contribution in [0.25, 0.3) is 0 Å². The molecule has 1 aromatic carbocycles. The van der Waals surface area contributed by atoms with Crippen molar-refractivity contribution in [2.75, 3.05) is 19.1 Å². The summed E-state index contributed by atoms with van der Waals surface area (Å²) in [6, 6.07) is 5.21. The molecule has 96 valence electrons. The van der Waals surface area contributed by atoms with E-state index in [4.69, 9.17) is 10.5 Å². The fourth-order valence-corrected chi connectivity index (χ4v) is 3.07. The van der Waals surface area contributed by atoms with E-state index in [9.17, 15) is 8.42 Å². The van der Waals surface area contributed by atoms with Gasteiger partial charge < -0.3 is 10.5 Å². The molecule has 17 heavy (non-hydrogen) atoms. The highest BCUT2D eigenvalue weighted by molar-refractivity contribution is 9.10. The Morgan fingerprint density at radius 1 is 1.47 bits per heavy atom. The molecular formula is C11H16BrNO3S. The standard InChI is InChI=1S/C11H16BrNO3S/c1-16-11-4-3-8(6-10(11)12)5-9(13)7-17(2,14)15/h3-4,6,9H,5,7,13H2,1-2H3. The van der Waals surface area contributed by atoms with Crippen LogP contribution >= 0.6 is 15.9 Å². The first-order valence-electron chi connectivity index (χ1n) is 5.07. The quantitative estimate of drug-likeness (QED) is 0.889. The number of halogens is 1. The second-order valence-corrected chi connectivity index (χ2v) is 7.06. The first-order valence-corrected chi connectivity index (χ1v) is 7.93. The minimum atomic E-state index is -3.03. The summed E-state index contributed by atoms with van der Waals surface area (Å²) in [6.45, 7) is 0. The number of hydrogen-bond acceptors (Lipinski definition) is 4. The van der Waals surface area contributed by atoms with Crippen LogP contribution in [0.4, 0.5) is 0 Å². The Morgan fingerprint density at radius 2 is 2.12 bits per heavy atom. The molecule has 0 saturated heterocycles. The fourth-order valence-electron chi connectivity index (χ4n) is 1.59. The van der Waals surface area contributed by atoms with E-state index in [1.807, 2.05) is 18.2 Å². The van der Waals surface area contributed by atoms with E-state index in [-0.39, 0.29) is 11.8 Å². The minimum Gasteiger partial charge on any atom is -0.496 e. The van der Waals surface area contributed by atoms with Crippen LogP contribution in [0.5, 0.6) is 5.75 Å². The second-order valence-electron chi connectivity index (χ2n) is 4.03. The molecule has 0 fully saturated rings. The maximum absolute atomic E-state index is 11.1. The summed E-state index contributed by atoms with van der Waals surface area (Å²) in [5, 5.41) is 0. The number of nitrogens with two attached hydrogens (primary N) is 1. The lowest BCUT2D eigenvalue weighted by Crippen LogP contribution is -2.31. The molecule has 0 aliphatic carbocycles. The van der Waals surface area contributed by atoms with Gasteiger partial charge in [-0.25, -0.2) is 8.42 Å². The molecule has 0 bridgehead atoms. The maximum atomic E-state index is 11.1. The number of ether oxygens (including phenoxy) is 1. The summed E-state index contributed by atoms with van der Waals surface area (Å²) >= 11 is 3.37. The molecule has 1 unspecified atom stereocenters. The Balaban J connectivity index is 2.72. The molecule has 0 aliphatic heterocycles. The third-order valence-electron chi connectivity index (χ3n) is 2.23. The van der Waals surface area contributed by atoms with Gasteiger partial charge in [0.1, 0.15) is 15.6 Å². The van der Waals surface area contributed by atoms with Crippen LogP contribution in [0.2, 0.25) is 0 Å². The van der Waals surface area contributed by atoms with Crippen molar-refractivity contribution in [1.29, 1.82) is 0 Å². The first kappa shape index (κ1) is 14.5. The van der Waals surface area contributed by atoms with Gasteiger partial charge in [0, 0.05) is 12.3 Å². The molecule has 0 aromatic heterocycles. The summed E-state index contributed by atoms with van der Waals surface area (Å²) in [4.78, 5) is 0. The number of hydrogen-bond donors (Lipinski definition) is 1. The van der Waals surface area contributed by atoms with Gasteiger partial charge in [0.2, 0.25) is 0 Å². The van der Waals surface area contributed by atoms with E-state index in [1.54, 1.807) is 7.11 Å². The van der Waals surface area contributed by atoms with E-state index in [1.165, 1.54) is 6.26 Å². The van der Waals surface area contributed by atoms with Crippen LogP contribution in [0, 0.1) is 0 Å². The van der Waals surface area contributed by atoms with Crippen molar-refractivity contribution in [1.82, 2.24) is 0 Å². The lowest BCUT2D eigenvalue weighted by molar-refractivity contribution is 0.412. The first-order chi connectivity index (χ1) is 7.81. The number of sulfone groups is 1. The largest absolute Gasteiger partial charge is 0.496 e. The van der Waals surface area contributed by atoms with Crippen molar-refractivity contribution >= 4 is 25.8 Å². The summed E-state index contributed by atoms with van der Waals surface area (Å²) in [6.07, 6.45) is 1.71. The molecule has 0 radical (unpaired) electrons. The van der Waals surface area contributed by atoms with Crippen LogP contribution in [0.15, 0.2) is 22.7 Å². The molecule has 2 N–H and O–H groups in total. The van der Waals surface area contributed by atoms with Gasteiger partial charge in [0.25, 0.3) is 0 Å². The van der Waals surface area contributed by atoms with Gasteiger partial charge in [0.15, 0.2) is 0 Å². The van der Waals surface area contributed by atoms with Crippen LogP contribution < -0.4 is 10.5 Å². The van der Waals surface area contributed by atoms with Gasteiger partial charge in [-0.2, -0.15) is 0 Å². The monoisotopic (exact) mass is 321 g/mol. The molecule has 0 spiro atoms. The van der Waals surface area contributed by atoms with Crippen molar-refractivity contribution in [3.63, 3.8) is 0 Å². The Morgan fingerprint density at radius 3 is 2.59 bits per heavy atom. The maximum Gasteiger partial charge on any atom is 0.148 e. The van der Waals surface area contributed by atoms with Gasteiger partial charge in [0.05, 0.1) is 17.3 Å². The minimum absolute atomic E-state index is 0.00333. The zero-order valence-corrected chi connectivity index (χ0v) is 12.2. The SMILES string of the molecule is COc1ccc(CC(N)CS(C)(=O)=O)cc1Br. The second kappa shape index (κ2) is 5.84. The van der Waals surface area contributed by atoms with Crippen molar-refractivity contribution in [2.24, 2.45) is 5.73 Å². The van der Waals surface area contributed by atoms with Crippen molar-refractivity contribution in [3.8, 4) is 5.75 Å². The van der Waals surface area contributed by atoms with E-state index < -0.39 is 9.84 Å². The Labute approximate surface area is 110 Å². The number of methoxy groups -OCH3 is 1. The predicted molar refractivity (Wildman–Crippen MR) is 72.1 cm³/mol. The molecule has 1 atom stereocenters. The molecule has 0 amide bonds. The molecule has 4 nitrogen and oxygen atoms in total. The van der Waals surface area contributed by atoms with Crippen molar-refractivity contribution in [3.05, 3.63) is 28.2 Å². The average Bonchev–Trinajstić information content (AvgIpc) is 2.14. The molecule has 0 aliphatic rings. The summed E-state index contributed by atoms with van der Waals surface area (Å²) in [7, 11) is -1.44. The highest BCUT2D eigenvalue weighted by Crippen LogP contribution is 2.25. The van der Waals surface area contributed by atoms with Crippen LogP contribution in [-0.2, 0) is 16.3 Å². The zero-order chi connectivity index (χ0) is 13.1. The Bertz CT molecular complexity index is 487. The van der Waals surface area contributed by atoms with Crippen molar-refractivity contribution < 1.29 is 13.2 Å². The van der Waals surface area contributed by atoms with Gasteiger partial charge in [-0.05, 0) is 40.0 Å². The van der Waals surface area contributed by atoms with Gasteiger partial charge in [-0.3, -0.25) is 0 Å². The normalized spacial score (nSPS) is 13.4. The van der Waals surface area contributed by atoms with E-state index in [2.05, 4.69) is 15.9 Å². The molecule has 1 aromatic rings. The highest BCUT2D eigenvalue weighted by atomic mass is 79.9. The molecule has 0 heterocycles. The van der Waals surface area contributed by atoms with E-state index >= 15 is 0 Å². The third kappa shape index (κ3) is 5.06. The Hall–Kier alpha value is -0.590. The summed E-state index contributed by atoms with van der Waals surface area (Å²) < 4.78 is 28.1. The Kier molecular flexibility index (Phi) is 4.97. The topological polar surface area (TPSA) is 69.4 Å². The number of rotatable bonds is 5. The van der Waals surface area contributed by atoms with Gasteiger partial charge >= 0.3 is 0 Å². The molecule has 0 saturated carbocycles.